The number of ether oxygens (including phenoxy) is 2. The number of hydrogen-bond donors (Lipinski definition) is 0. The van der Waals surface area contributed by atoms with Crippen LogP contribution in [0.3, 0.4) is 0 Å². The Morgan fingerprint density at radius 2 is 2.00 bits per heavy atom. The molecule has 2 aromatic rings. The lowest BCUT2D eigenvalue weighted by Crippen LogP contribution is -2.23. The molecule has 1 heterocycles. The SMILES string of the molecule is CCOc1c(Br)cc(/C=C2\SC(=Nc3ccc(C(=O)[O-])cc3)N(C)C2=O)cc1OC. The van der Waals surface area contributed by atoms with E-state index in [0.29, 0.717) is 33.9 Å². The molecule has 0 bridgehead atoms. The number of carbonyl (C=O) groups is 2. The largest absolute Gasteiger partial charge is 0.545 e. The third-order valence-corrected chi connectivity index (χ3v) is 5.82. The van der Waals surface area contributed by atoms with Gasteiger partial charge in [-0.2, -0.15) is 0 Å². The average molecular weight is 490 g/mol. The summed E-state index contributed by atoms with van der Waals surface area (Å²) >= 11 is 4.71. The highest BCUT2D eigenvalue weighted by atomic mass is 79.9. The number of amidine groups is 1. The predicted molar refractivity (Wildman–Crippen MR) is 118 cm³/mol. The highest BCUT2D eigenvalue weighted by molar-refractivity contribution is 9.10. The summed E-state index contributed by atoms with van der Waals surface area (Å²) in [6.45, 7) is 2.39. The molecule has 0 radical (unpaired) electrons. The zero-order chi connectivity index (χ0) is 21.8. The average Bonchev–Trinajstić information content (AvgIpc) is 2.98. The minimum atomic E-state index is -1.25. The summed E-state index contributed by atoms with van der Waals surface area (Å²) in [5.41, 5.74) is 1.37. The van der Waals surface area contributed by atoms with Crippen LogP contribution in [0.5, 0.6) is 11.5 Å². The fraction of sp³-hybridized carbons (Fsp3) is 0.190. The van der Waals surface area contributed by atoms with Crippen molar-refractivity contribution in [2.75, 3.05) is 20.8 Å². The van der Waals surface area contributed by atoms with Crippen LogP contribution in [0.25, 0.3) is 6.08 Å². The maximum Gasteiger partial charge on any atom is 0.266 e. The Morgan fingerprint density at radius 3 is 2.60 bits per heavy atom. The van der Waals surface area contributed by atoms with E-state index >= 15 is 0 Å². The predicted octanol–water partition coefficient (Wildman–Crippen LogP) is 3.45. The van der Waals surface area contributed by atoms with Gasteiger partial charge in [-0.15, -0.1) is 0 Å². The van der Waals surface area contributed by atoms with E-state index in [1.807, 2.05) is 13.0 Å². The number of hydrogen-bond acceptors (Lipinski definition) is 7. The monoisotopic (exact) mass is 489 g/mol. The van der Waals surface area contributed by atoms with E-state index in [1.165, 1.54) is 28.8 Å². The molecular weight excluding hydrogens is 472 g/mol. The Kier molecular flexibility index (Phi) is 6.84. The number of carboxylic acid groups (broad SMARTS) is 1. The number of rotatable bonds is 6. The lowest BCUT2D eigenvalue weighted by molar-refractivity contribution is -0.255. The summed E-state index contributed by atoms with van der Waals surface area (Å²) in [6.07, 6.45) is 1.76. The van der Waals surface area contributed by atoms with Crippen molar-refractivity contribution in [3.63, 3.8) is 0 Å². The summed E-state index contributed by atoms with van der Waals surface area (Å²) < 4.78 is 11.7. The van der Waals surface area contributed by atoms with Crippen molar-refractivity contribution in [1.29, 1.82) is 0 Å². The number of thioether (sulfide) groups is 1. The lowest BCUT2D eigenvalue weighted by Gasteiger charge is -2.12. The molecule has 1 aliphatic rings. The molecular formula is C21H18BrN2O5S-. The fourth-order valence-electron chi connectivity index (χ4n) is 2.69. The number of methoxy groups -OCH3 is 1. The van der Waals surface area contributed by atoms with Gasteiger partial charge in [0.2, 0.25) is 0 Å². The number of aliphatic imine (C=N–C) groups is 1. The Hall–Kier alpha value is -2.78. The maximum absolute atomic E-state index is 12.7. The summed E-state index contributed by atoms with van der Waals surface area (Å²) in [5.74, 6) is -0.274. The second-order valence-electron chi connectivity index (χ2n) is 6.17. The van der Waals surface area contributed by atoms with Gasteiger partial charge in [-0.25, -0.2) is 4.99 Å². The number of nitrogens with zero attached hydrogens (tertiary/aromatic N) is 2. The molecule has 1 saturated heterocycles. The Balaban J connectivity index is 1.89. The van der Waals surface area contributed by atoms with Crippen LogP contribution < -0.4 is 14.6 Å². The molecule has 1 amide bonds. The Morgan fingerprint density at radius 1 is 1.30 bits per heavy atom. The quantitative estimate of drug-likeness (QED) is 0.577. The topological polar surface area (TPSA) is 91.3 Å². The van der Waals surface area contributed by atoms with Gasteiger partial charge in [-0.1, -0.05) is 12.1 Å². The van der Waals surface area contributed by atoms with Crippen LogP contribution in [0.2, 0.25) is 0 Å². The van der Waals surface area contributed by atoms with Gasteiger partial charge in [0.05, 0.1) is 34.8 Å². The normalized spacial score (nSPS) is 16.4. The molecule has 3 rings (SSSR count). The standard InChI is InChI=1S/C21H19BrN2O5S/c1-4-29-18-15(22)9-12(10-16(18)28-3)11-17-19(25)24(2)21(30-17)23-14-7-5-13(6-8-14)20(26)27/h5-11H,4H2,1-3H3,(H,26,27)/p-1/b17-11-,23-21?. The molecule has 7 nitrogen and oxygen atoms in total. The number of benzene rings is 2. The van der Waals surface area contributed by atoms with E-state index in [0.717, 1.165) is 10.0 Å². The molecule has 0 aromatic heterocycles. The van der Waals surface area contributed by atoms with Gasteiger partial charge in [0.1, 0.15) is 0 Å². The van der Waals surface area contributed by atoms with Crippen molar-refractivity contribution in [3.8, 4) is 11.5 Å². The second kappa shape index (κ2) is 9.36. The molecule has 156 valence electrons. The molecule has 0 unspecified atom stereocenters. The first-order valence-electron chi connectivity index (χ1n) is 8.92. The van der Waals surface area contributed by atoms with Crippen LogP contribution in [0.15, 0.2) is 50.8 Å². The number of amides is 1. The van der Waals surface area contributed by atoms with Gasteiger partial charge >= 0.3 is 0 Å². The molecule has 0 aliphatic carbocycles. The molecule has 9 heteroatoms. The van der Waals surface area contributed by atoms with Crippen LogP contribution in [0.4, 0.5) is 5.69 Å². The number of halogens is 1. The van der Waals surface area contributed by atoms with Crippen molar-refractivity contribution in [2.24, 2.45) is 4.99 Å². The van der Waals surface area contributed by atoms with Gasteiger partial charge in [0.25, 0.3) is 5.91 Å². The fourth-order valence-corrected chi connectivity index (χ4v) is 4.25. The van der Waals surface area contributed by atoms with Crippen molar-refractivity contribution in [2.45, 2.75) is 6.92 Å². The molecule has 0 saturated carbocycles. The molecule has 2 aromatic carbocycles. The lowest BCUT2D eigenvalue weighted by atomic mass is 10.2. The molecule has 1 fully saturated rings. The Bertz CT molecular complexity index is 1050. The summed E-state index contributed by atoms with van der Waals surface area (Å²) in [7, 11) is 3.19. The van der Waals surface area contributed by atoms with E-state index in [9.17, 15) is 14.7 Å². The van der Waals surface area contributed by atoms with E-state index in [-0.39, 0.29) is 11.5 Å². The smallest absolute Gasteiger partial charge is 0.266 e. The van der Waals surface area contributed by atoms with Gasteiger partial charge in [-0.05, 0) is 76.1 Å². The Labute approximate surface area is 186 Å². The van der Waals surface area contributed by atoms with Crippen LogP contribution in [-0.4, -0.2) is 42.7 Å². The van der Waals surface area contributed by atoms with E-state index in [1.54, 1.807) is 38.4 Å². The summed E-state index contributed by atoms with van der Waals surface area (Å²) in [4.78, 5) is 29.9. The molecule has 1 aliphatic heterocycles. The van der Waals surface area contributed by atoms with Gasteiger partial charge < -0.3 is 19.4 Å². The number of carboxylic acids is 1. The highest BCUT2D eigenvalue weighted by Gasteiger charge is 2.30. The van der Waals surface area contributed by atoms with Crippen LogP contribution in [-0.2, 0) is 4.79 Å². The third-order valence-electron chi connectivity index (χ3n) is 4.17. The van der Waals surface area contributed by atoms with Crippen molar-refractivity contribution < 1.29 is 24.2 Å². The van der Waals surface area contributed by atoms with Crippen LogP contribution in [0.1, 0.15) is 22.8 Å². The van der Waals surface area contributed by atoms with E-state index in [2.05, 4.69) is 20.9 Å². The van der Waals surface area contributed by atoms with Crippen molar-refractivity contribution >= 4 is 56.5 Å². The summed E-state index contributed by atoms with van der Waals surface area (Å²) in [6, 6.07) is 9.60. The first-order chi connectivity index (χ1) is 14.3. The van der Waals surface area contributed by atoms with Crippen LogP contribution >= 0.6 is 27.7 Å². The second-order valence-corrected chi connectivity index (χ2v) is 8.03. The summed E-state index contributed by atoms with van der Waals surface area (Å²) in [5, 5.41) is 11.4. The van der Waals surface area contributed by atoms with Gasteiger partial charge in [0.15, 0.2) is 16.7 Å². The molecule has 30 heavy (non-hydrogen) atoms. The van der Waals surface area contributed by atoms with Crippen LogP contribution in [0, 0.1) is 0 Å². The zero-order valence-corrected chi connectivity index (χ0v) is 18.9. The highest BCUT2D eigenvalue weighted by Crippen LogP contribution is 2.39. The first-order valence-corrected chi connectivity index (χ1v) is 10.5. The number of carbonyl (C=O) groups excluding carboxylic acids is 2. The first kappa shape index (κ1) is 21.9. The van der Waals surface area contributed by atoms with E-state index < -0.39 is 5.97 Å². The van der Waals surface area contributed by atoms with Crippen molar-refractivity contribution in [3.05, 3.63) is 56.9 Å². The zero-order valence-electron chi connectivity index (χ0n) is 16.5. The van der Waals surface area contributed by atoms with Gasteiger partial charge in [0, 0.05) is 7.05 Å². The van der Waals surface area contributed by atoms with E-state index in [4.69, 9.17) is 9.47 Å². The number of aromatic carboxylic acids is 1. The molecule has 0 N–H and O–H groups in total. The molecule has 0 spiro atoms. The molecule has 0 atom stereocenters. The minimum Gasteiger partial charge on any atom is -0.545 e. The maximum atomic E-state index is 12.7. The van der Waals surface area contributed by atoms with Gasteiger partial charge in [-0.3, -0.25) is 9.69 Å². The van der Waals surface area contributed by atoms with Crippen molar-refractivity contribution in [1.82, 2.24) is 4.90 Å². The number of likely N-dealkylation sites (N-methyl/N-ethyl adjacent to an activating group) is 1. The minimum absolute atomic E-state index is 0.0677. The third kappa shape index (κ3) is 4.68.